The molecular formula is C10H17O2. The SMILES string of the molecule is CC1(C)C2CCC1(C)C([O])C2O. The first kappa shape index (κ1) is 8.52. The van der Waals surface area contributed by atoms with Gasteiger partial charge in [-0.2, -0.15) is 0 Å². The minimum absolute atomic E-state index is 0.0405. The Kier molecular flexibility index (Phi) is 1.45. The van der Waals surface area contributed by atoms with Gasteiger partial charge in [0, 0.05) is 5.41 Å². The quantitative estimate of drug-likeness (QED) is 0.588. The van der Waals surface area contributed by atoms with E-state index in [4.69, 9.17) is 0 Å². The van der Waals surface area contributed by atoms with Crippen LogP contribution in [0.15, 0.2) is 0 Å². The molecule has 0 aromatic rings. The van der Waals surface area contributed by atoms with E-state index in [-0.39, 0.29) is 16.7 Å². The zero-order valence-corrected chi connectivity index (χ0v) is 8.00. The fourth-order valence-electron chi connectivity index (χ4n) is 3.26. The first-order valence-electron chi connectivity index (χ1n) is 4.75. The van der Waals surface area contributed by atoms with Gasteiger partial charge in [0.2, 0.25) is 0 Å². The second-order valence-corrected chi connectivity index (χ2v) is 5.20. The number of aliphatic hydroxyl groups excluding tert-OH is 1. The van der Waals surface area contributed by atoms with Crippen molar-refractivity contribution >= 4 is 0 Å². The van der Waals surface area contributed by atoms with Gasteiger partial charge < -0.3 is 5.11 Å². The molecule has 2 saturated carbocycles. The first-order chi connectivity index (χ1) is 5.41. The summed E-state index contributed by atoms with van der Waals surface area (Å²) in [6, 6.07) is 0. The molecule has 2 aliphatic carbocycles. The molecule has 12 heavy (non-hydrogen) atoms. The van der Waals surface area contributed by atoms with E-state index in [2.05, 4.69) is 13.8 Å². The highest BCUT2D eigenvalue weighted by atomic mass is 16.3. The van der Waals surface area contributed by atoms with Crippen molar-refractivity contribution in [1.82, 2.24) is 0 Å². The number of rotatable bonds is 0. The molecule has 2 nitrogen and oxygen atoms in total. The van der Waals surface area contributed by atoms with Crippen molar-refractivity contribution < 1.29 is 10.2 Å². The maximum atomic E-state index is 11.7. The van der Waals surface area contributed by atoms with Crippen molar-refractivity contribution in [3.63, 3.8) is 0 Å². The highest BCUT2D eigenvalue weighted by Gasteiger charge is 2.66. The number of hydrogen-bond acceptors (Lipinski definition) is 1. The first-order valence-corrected chi connectivity index (χ1v) is 4.75. The lowest BCUT2D eigenvalue weighted by Crippen LogP contribution is -2.38. The Morgan fingerprint density at radius 1 is 1.33 bits per heavy atom. The number of fused-ring (bicyclic) bond motifs is 2. The molecule has 4 atom stereocenters. The lowest BCUT2D eigenvalue weighted by Gasteiger charge is -2.35. The molecule has 0 aromatic heterocycles. The fraction of sp³-hybridized carbons (Fsp3) is 1.00. The predicted octanol–water partition coefficient (Wildman–Crippen LogP) is 1.60. The molecule has 0 heterocycles. The molecule has 0 aliphatic heterocycles. The van der Waals surface area contributed by atoms with Gasteiger partial charge in [-0.3, -0.25) is 0 Å². The second-order valence-electron chi connectivity index (χ2n) is 5.20. The van der Waals surface area contributed by atoms with E-state index in [1.54, 1.807) is 0 Å². The van der Waals surface area contributed by atoms with Crippen LogP contribution < -0.4 is 0 Å². The van der Waals surface area contributed by atoms with Crippen LogP contribution in [0.5, 0.6) is 0 Å². The molecule has 2 rings (SSSR count). The average Bonchev–Trinajstić information content (AvgIpc) is 2.26. The molecule has 1 N–H and O–H groups in total. The Balaban J connectivity index is 2.44. The van der Waals surface area contributed by atoms with Crippen LogP contribution >= 0.6 is 0 Å². The summed E-state index contributed by atoms with van der Waals surface area (Å²) in [7, 11) is 0. The van der Waals surface area contributed by atoms with Crippen LogP contribution in [0.3, 0.4) is 0 Å². The summed E-state index contributed by atoms with van der Waals surface area (Å²) in [5.74, 6) is 0.241. The Labute approximate surface area is 73.6 Å². The summed E-state index contributed by atoms with van der Waals surface area (Å²) >= 11 is 0. The molecule has 4 unspecified atom stereocenters. The summed E-state index contributed by atoms with van der Waals surface area (Å²) < 4.78 is 0. The zero-order chi connectivity index (χ0) is 9.15. The van der Waals surface area contributed by atoms with Gasteiger partial charge in [0.15, 0.2) is 0 Å². The molecule has 2 bridgehead atoms. The Morgan fingerprint density at radius 3 is 2.17 bits per heavy atom. The van der Waals surface area contributed by atoms with Crippen molar-refractivity contribution in [2.24, 2.45) is 16.7 Å². The highest BCUT2D eigenvalue weighted by molar-refractivity contribution is 5.14. The minimum atomic E-state index is -0.758. The Morgan fingerprint density at radius 2 is 1.92 bits per heavy atom. The lowest BCUT2D eigenvalue weighted by atomic mass is 9.70. The molecule has 69 valence electrons. The molecule has 0 aromatic carbocycles. The summed E-state index contributed by atoms with van der Waals surface area (Å²) in [4.78, 5) is 0. The van der Waals surface area contributed by atoms with Gasteiger partial charge in [-0.05, 0) is 24.2 Å². The molecule has 0 amide bonds. The van der Waals surface area contributed by atoms with Crippen molar-refractivity contribution in [2.75, 3.05) is 0 Å². The number of aliphatic hydroxyl groups is 1. The monoisotopic (exact) mass is 169 g/mol. The number of hydrogen-bond donors (Lipinski definition) is 1. The van der Waals surface area contributed by atoms with Gasteiger partial charge in [0.25, 0.3) is 0 Å². The fourth-order valence-corrected chi connectivity index (χ4v) is 3.26. The van der Waals surface area contributed by atoms with Crippen molar-refractivity contribution in [3.8, 4) is 0 Å². The second kappa shape index (κ2) is 2.05. The summed E-state index contributed by atoms with van der Waals surface area (Å²) in [6.07, 6.45) is 0.671. The average molecular weight is 169 g/mol. The molecule has 0 spiro atoms. The maximum Gasteiger partial charge on any atom is 0.125 e. The smallest absolute Gasteiger partial charge is 0.125 e. The van der Waals surface area contributed by atoms with Crippen molar-refractivity contribution in [1.29, 1.82) is 0 Å². The van der Waals surface area contributed by atoms with E-state index in [0.29, 0.717) is 0 Å². The van der Waals surface area contributed by atoms with Crippen LogP contribution in [-0.4, -0.2) is 17.3 Å². The standard InChI is InChI=1S/C10H17O2/c1-9(2)6-4-5-10(9,3)8(12)7(6)11/h6-8,11H,4-5H2,1-3H3. The molecular weight excluding hydrogens is 152 g/mol. The molecule has 2 fully saturated rings. The van der Waals surface area contributed by atoms with Gasteiger partial charge in [0.1, 0.15) is 6.10 Å². The summed E-state index contributed by atoms with van der Waals surface area (Å²) in [6.45, 7) is 6.30. The topological polar surface area (TPSA) is 40.1 Å². The molecule has 1 radical (unpaired) electrons. The molecule has 2 aliphatic rings. The van der Waals surface area contributed by atoms with Gasteiger partial charge in [0.05, 0.1) is 6.10 Å². The van der Waals surface area contributed by atoms with Gasteiger partial charge in [-0.15, -0.1) is 0 Å². The van der Waals surface area contributed by atoms with E-state index < -0.39 is 12.2 Å². The van der Waals surface area contributed by atoms with Crippen molar-refractivity contribution in [3.05, 3.63) is 0 Å². The van der Waals surface area contributed by atoms with Crippen LogP contribution in [0.2, 0.25) is 0 Å². The van der Waals surface area contributed by atoms with Crippen LogP contribution in [0.1, 0.15) is 33.6 Å². The maximum absolute atomic E-state index is 11.7. The molecule has 2 heteroatoms. The largest absolute Gasteiger partial charge is 0.390 e. The van der Waals surface area contributed by atoms with Crippen LogP contribution in [0, 0.1) is 16.7 Å². The lowest BCUT2D eigenvalue weighted by molar-refractivity contribution is -0.0908. The van der Waals surface area contributed by atoms with E-state index in [0.717, 1.165) is 12.8 Å². The van der Waals surface area contributed by atoms with Crippen molar-refractivity contribution in [2.45, 2.75) is 45.8 Å². The predicted molar refractivity (Wildman–Crippen MR) is 45.1 cm³/mol. The molecule has 0 saturated heterocycles. The minimum Gasteiger partial charge on any atom is -0.390 e. The van der Waals surface area contributed by atoms with Crippen LogP contribution in [-0.2, 0) is 5.11 Å². The van der Waals surface area contributed by atoms with Crippen LogP contribution in [0.25, 0.3) is 0 Å². The van der Waals surface area contributed by atoms with E-state index in [1.165, 1.54) is 0 Å². The van der Waals surface area contributed by atoms with Gasteiger partial charge in [-0.1, -0.05) is 20.8 Å². The van der Waals surface area contributed by atoms with Gasteiger partial charge in [-0.25, -0.2) is 5.11 Å². The van der Waals surface area contributed by atoms with Gasteiger partial charge >= 0.3 is 0 Å². The van der Waals surface area contributed by atoms with E-state index in [9.17, 15) is 10.2 Å². The van der Waals surface area contributed by atoms with Crippen LogP contribution in [0.4, 0.5) is 0 Å². The third kappa shape index (κ3) is 0.647. The normalized spacial score (nSPS) is 56.2. The Hall–Kier alpha value is -0.0800. The summed E-state index contributed by atoms with van der Waals surface area (Å²) in [5, 5.41) is 21.4. The highest BCUT2D eigenvalue weighted by Crippen LogP contribution is 2.65. The third-order valence-electron chi connectivity index (χ3n) is 4.72. The third-order valence-corrected chi connectivity index (χ3v) is 4.72. The van der Waals surface area contributed by atoms with E-state index in [1.807, 2.05) is 6.92 Å². The zero-order valence-electron chi connectivity index (χ0n) is 8.00. The van der Waals surface area contributed by atoms with E-state index >= 15 is 0 Å². The Bertz CT molecular complexity index is 212. The summed E-state index contributed by atoms with van der Waals surface area (Å²) in [5.41, 5.74) is -0.129.